The number of hydrogen-bond donors (Lipinski definition) is 2. The van der Waals surface area contributed by atoms with E-state index in [1.54, 1.807) is 19.2 Å². The van der Waals surface area contributed by atoms with Crippen LogP contribution in [0, 0.1) is 0 Å². The second kappa shape index (κ2) is 4.17. The van der Waals surface area contributed by atoms with Gasteiger partial charge in [0.05, 0.1) is 5.02 Å². The lowest BCUT2D eigenvalue weighted by atomic mass is 9.96. The minimum absolute atomic E-state index is 0.0610. The Bertz CT molecular complexity index is 324. The van der Waals surface area contributed by atoms with Gasteiger partial charge in [0, 0.05) is 13.7 Å². The van der Waals surface area contributed by atoms with Crippen molar-refractivity contribution in [3.63, 3.8) is 0 Å². The van der Waals surface area contributed by atoms with Gasteiger partial charge in [-0.3, -0.25) is 0 Å². The van der Waals surface area contributed by atoms with Crippen LogP contribution < -0.4 is 5.73 Å². The Balaban J connectivity index is 3.12. The number of rotatable bonds is 3. The molecule has 1 rings (SSSR count). The molecule has 4 heteroatoms. The van der Waals surface area contributed by atoms with Crippen molar-refractivity contribution in [3.8, 4) is 5.75 Å². The summed E-state index contributed by atoms with van der Waals surface area (Å²) in [4.78, 5) is 0. The SMILES string of the molecule is COC(C)(CN)c1ccc(O)c(Cl)c1. The third kappa shape index (κ3) is 2.00. The third-order valence-electron chi connectivity index (χ3n) is 2.40. The predicted molar refractivity (Wildman–Crippen MR) is 56.5 cm³/mol. The van der Waals surface area contributed by atoms with Gasteiger partial charge in [0.1, 0.15) is 11.4 Å². The van der Waals surface area contributed by atoms with Crippen LogP contribution in [0.3, 0.4) is 0 Å². The number of methoxy groups -OCH3 is 1. The molecule has 0 aliphatic heterocycles. The zero-order valence-corrected chi connectivity index (χ0v) is 9.01. The van der Waals surface area contributed by atoms with Crippen LogP contribution in [0.1, 0.15) is 12.5 Å². The lowest BCUT2D eigenvalue weighted by Gasteiger charge is -2.27. The monoisotopic (exact) mass is 215 g/mol. The molecule has 14 heavy (non-hydrogen) atoms. The van der Waals surface area contributed by atoms with Gasteiger partial charge in [0.15, 0.2) is 0 Å². The number of benzene rings is 1. The maximum atomic E-state index is 9.25. The molecule has 1 unspecified atom stereocenters. The number of hydrogen-bond acceptors (Lipinski definition) is 3. The molecular formula is C10H14ClNO2. The Labute approximate surface area is 88.4 Å². The van der Waals surface area contributed by atoms with Gasteiger partial charge in [0.25, 0.3) is 0 Å². The molecule has 0 heterocycles. The zero-order chi connectivity index (χ0) is 10.8. The van der Waals surface area contributed by atoms with Crippen molar-refractivity contribution in [3.05, 3.63) is 28.8 Å². The van der Waals surface area contributed by atoms with Crippen molar-refractivity contribution in [2.45, 2.75) is 12.5 Å². The van der Waals surface area contributed by atoms with E-state index >= 15 is 0 Å². The van der Waals surface area contributed by atoms with Crippen molar-refractivity contribution in [1.29, 1.82) is 0 Å². The fraction of sp³-hybridized carbons (Fsp3) is 0.400. The van der Waals surface area contributed by atoms with Crippen LogP contribution in [-0.2, 0) is 10.3 Å². The Morgan fingerprint density at radius 2 is 2.21 bits per heavy atom. The molecule has 0 aliphatic carbocycles. The van der Waals surface area contributed by atoms with Gasteiger partial charge >= 0.3 is 0 Å². The fourth-order valence-corrected chi connectivity index (χ4v) is 1.34. The van der Waals surface area contributed by atoms with E-state index in [4.69, 9.17) is 22.1 Å². The van der Waals surface area contributed by atoms with Crippen LogP contribution in [0.25, 0.3) is 0 Å². The molecular weight excluding hydrogens is 202 g/mol. The van der Waals surface area contributed by atoms with E-state index in [0.29, 0.717) is 11.6 Å². The van der Waals surface area contributed by atoms with Crippen molar-refractivity contribution in [2.75, 3.05) is 13.7 Å². The summed E-state index contributed by atoms with van der Waals surface area (Å²) >= 11 is 5.79. The lowest BCUT2D eigenvalue weighted by molar-refractivity contribution is 0.0101. The molecule has 78 valence electrons. The summed E-state index contributed by atoms with van der Waals surface area (Å²) in [7, 11) is 1.59. The fourth-order valence-electron chi connectivity index (χ4n) is 1.15. The molecule has 0 amide bonds. The molecule has 0 fully saturated rings. The van der Waals surface area contributed by atoms with Gasteiger partial charge in [-0.2, -0.15) is 0 Å². The average Bonchev–Trinajstić information content (AvgIpc) is 2.21. The van der Waals surface area contributed by atoms with E-state index in [1.165, 1.54) is 6.07 Å². The first-order valence-corrected chi connectivity index (χ1v) is 4.65. The maximum absolute atomic E-state index is 9.25. The van der Waals surface area contributed by atoms with E-state index in [-0.39, 0.29) is 5.75 Å². The highest BCUT2D eigenvalue weighted by Crippen LogP contribution is 2.30. The van der Waals surface area contributed by atoms with E-state index in [2.05, 4.69) is 0 Å². The molecule has 1 atom stereocenters. The van der Waals surface area contributed by atoms with Gasteiger partial charge in [-0.15, -0.1) is 0 Å². The number of halogens is 1. The van der Waals surface area contributed by atoms with E-state index in [1.807, 2.05) is 6.92 Å². The van der Waals surface area contributed by atoms with Crippen molar-refractivity contribution >= 4 is 11.6 Å². The molecule has 0 spiro atoms. The normalized spacial score (nSPS) is 15.1. The molecule has 0 aromatic heterocycles. The highest BCUT2D eigenvalue weighted by molar-refractivity contribution is 6.32. The van der Waals surface area contributed by atoms with Crippen molar-refractivity contribution in [2.24, 2.45) is 5.73 Å². The number of nitrogens with two attached hydrogens (primary N) is 1. The predicted octanol–water partition coefficient (Wildman–Crippen LogP) is 1.87. The van der Waals surface area contributed by atoms with Gasteiger partial charge in [0.2, 0.25) is 0 Å². The van der Waals surface area contributed by atoms with Crippen molar-refractivity contribution in [1.82, 2.24) is 0 Å². The summed E-state index contributed by atoms with van der Waals surface area (Å²) in [5.74, 6) is 0.0610. The maximum Gasteiger partial charge on any atom is 0.134 e. The summed E-state index contributed by atoms with van der Waals surface area (Å²) in [6.45, 7) is 2.22. The number of phenols is 1. The molecule has 3 N–H and O–H groups in total. The molecule has 3 nitrogen and oxygen atoms in total. The number of aromatic hydroxyl groups is 1. The standard InChI is InChI=1S/C10H14ClNO2/c1-10(6-12,14-2)7-3-4-9(13)8(11)5-7/h3-5,13H,6,12H2,1-2H3. The van der Waals surface area contributed by atoms with E-state index in [0.717, 1.165) is 5.56 Å². The van der Waals surface area contributed by atoms with Crippen LogP contribution in [0.15, 0.2) is 18.2 Å². The molecule has 0 saturated carbocycles. The quantitative estimate of drug-likeness (QED) is 0.810. The molecule has 0 aliphatic rings. The van der Waals surface area contributed by atoms with Gasteiger partial charge < -0.3 is 15.6 Å². The smallest absolute Gasteiger partial charge is 0.134 e. The molecule has 1 aromatic rings. The Morgan fingerprint density at radius 3 is 2.64 bits per heavy atom. The topological polar surface area (TPSA) is 55.5 Å². The summed E-state index contributed by atoms with van der Waals surface area (Å²) in [5, 5.41) is 9.56. The van der Waals surface area contributed by atoms with Gasteiger partial charge in [-0.1, -0.05) is 17.7 Å². The Morgan fingerprint density at radius 1 is 1.57 bits per heavy atom. The van der Waals surface area contributed by atoms with Gasteiger partial charge in [-0.05, 0) is 24.6 Å². The first-order chi connectivity index (χ1) is 6.53. The molecule has 0 radical (unpaired) electrons. The summed E-state index contributed by atoms with van der Waals surface area (Å²) in [6, 6.07) is 4.94. The second-order valence-electron chi connectivity index (χ2n) is 3.31. The lowest BCUT2D eigenvalue weighted by Crippen LogP contribution is -2.33. The van der Waals surface area contributed by atoms with Crippen LogP contribution in [0.4, 0.5) is 0 Å². The zero-order valence-electron chi connectivity index (χ0n) is 8.25. The van der Waals surface area contributed by atoms with Crippen LogP contribution in [-0.4, -0.2) is 18.8 Å². The number of ether oxygens (including phenoxy) is 1. The van der Waals surface area contributed by atoms with E-state index < -0.39 is 5.60 Å². The van der Waals surface area contributed by atoms with Crippen LogP contribution >= 0.6 is 11.6 Å². The average molecular weight is 216 g/mol. The summed E-state index contributed by atoms with van der Waals surface area (Å²) in [6.07, 6.45) is 0. The molecule has 1 aromatic carbocycles. The minimum atomic E-state index is -0.558. The Hall–Kier alpha value is -0.770. The second-order valence-corrected chi connectivity index (χ2v) is 3.71. The third-order valence-corrected chi connectivity index (χ3v) is 2.70. The minimum Gasteiger partial charge on any atom is -0.506 e. The molecule has 0 bridgehead atoms. The first-order valence-electron chi connectivity index (χ1n) is 4.27. The largest absolute Gasteiger partial charge is 0.506 e. The number of phenolic OH excluding ortho intramolecular Hbond substituents is 1. The molecule has 0 saturated heterocycles. The highest BCUT2D eigenvalue weighted by Gasteiger charge is 2.24. The summed E-state index contributed by atoms with van der Waals surface area (Å²) in [5.41, 5.74) is 5.90. The van der Waals surface area contributed by atoms with Crippen LogP contribution in [0.2, 0.25) is 5.02 Å². The van der Waals surface area contributed by atoms with Crippen LogP contribution in [0.5, 0.6) is 5.75 Å². The summed E-state index contributed by atoms with van der Waals surface area (Å²) < 4.78 is 5.30. The van der Waals surface area contributed by atoms with Gasteiger partial charge in [-0.25, -0.2) is 0 Å². The Kier molecular flexibility index (Phi) is 3.37. The first kappa shape index (κ1) is 11.3. The van der Waals surface area contributed by atoms with E-state index in [9.17, 15) is 5.11 Å². The highest BCUT2D eigenvalue weighted by atomic mass is 35.5. The van der Waals surface area contributed by atoms with Crippen molar-refractivity contribution < 1.29 is 9.84 Å².